The van der Waals surface area contributed by atoms with Crippen LogP contribution in [0.15, 0.2) is 27.8 Å². The Kier molecular flexibility index (Phi) is 7.84. The van der Waals surface area contributed by atoms with Gasteiger partial charge in [0.25, 0.3) is 5.56 Å². The standard InChI is InChI=1S/C24H32N6O4S/c1-2-16-18(25)4-3-5-19(16)28-9-11-29(12-10-28)22(32)14-26-21(31)6-8-30-20-7-13-35-15-17(20)23(33)27-24(30)34/h3-5H,2,6-15,25H2,1H3,(H,26,31)(H,27,33,34). The molecule has 1 saturated heterocycles. The molecule has 2 aromatic rings. The lowest BCUT2D eigenvalue weighted by Gasteiger charge is -2.37. The second-order valence-corrected chi connectivity index (χ2v) is 9.84. The van der Waals surface area contributed by atoms with E-state index in [1.807, 2.05) is 12.1 Å². The summed E-state index contributed by atoms with van der Waals surface area (Å²) in [7, 11) is 0. The molecule has 1 aromatic carbocycles. The summed E-state index contributed by atoms with van der Waals surface area (Å²) in [4.78, 5) is 55.7. The number of carbonyl (C=O) groups excluding carboxylic acids is 2. The van der Waals surface area contributed by atoms with Crippen molar-refractivity contribution in [2.45, 2.75) is 38.5 Å². The largest absolute Gasteiger partial charge is 0.398 e. The van der Waals surface area contributed by atoms with E-state index < -0.39 is 5.69 Å². The van der Waals surface area contributed by atoms with Crippen LogP contribution >= 0.6 is 11.8 Å². The first-order chi connectivity index (χ1) is 16.9. The lowest BCUT2D eigenvalue weighted by atomic mass is 10.1. The van der Waals surface area contributed by atoms with Gasteiger partial charge >= 0.3 is 5.69 Å². The molecule has 188 valence electrons. The number of benzene rings is 1. The lowest BCUT2D eigenvalue weighted by Crippen LogP contribution is -2.51. The molecule has 0 radical (unpaired) electrons. The number of rotatable bonds is 7. The molecular formula is C24H32N6O4S. The van der Waals surface area contributed by atoms with Crippen LogP contribution in [0.1, 0.15) is 30.2 Å². The molecule has 1 aromatic heterocycles. The van der Waals surface area contributed by atoms with E-state index in [-0.39, 0.29) is 36.9 Å². The predicted molar refractivity (Wildman–Crippen MR) is 138 cm³/mol. The van der Waals surface area contributed by atoms with E-state index in [1.54, 1.807) is 16.7 Å². The van der Waals surface area contributed by atoms with E-state index in [9.17, 15) is 19.2 Å². The molecule has 11 heteroatoms. The molecule has 2 aliphatic rings. The van der Waals surface area contributed by atoms with E-state index in [4.69, 9.17) is 5.73 Å². The fourth-order valence-electron chi connectivity index (χ4n) is 4.73. The number of amides is 2. The van der Waals surface area contributed by atoms with Gasteiger partial charge in [0.2, 0.25) is 11.8 Å². The summed E-state index contributed by atoms with van der Waals surface area (Å²) in [5, 5.41) is 2.68. The van der Waals surface area contributed by atoms with Gasteiger partial charge in [-0.25, -0.2) is 4.79 Å². The minimum absolute atomic E-state index is 0.0574. The molecule has 0 bridgehead atoms. The van der Waals surface area contributed by atoms with E-state index in [0.29, 0.717) is 49.6 Å². The SMILES string of the molecule is CCc1c(N)cccc1N1CCN(C(=O)CNC(=O)CCn2c3c(c(=O)[nH]c2=O)CSCC3)CC1. The number of piperazine rings is 1. The summed E-state index contributed by atoms with van der Waals surface area (Å²) in [6.45, 7) is 4.73. The molecular weight excluding hydrogens is 468 g/mol. The quantitative estimate of drug-likeness (QED) is 0.467. The van der Waals surface area contributed by atoms with Gasteiger partial charge < -0.3 is 20.9 Å². The minimum Gasteiger partial charge on any atom is -0.398 e. The number of nitrogen functional groups attached to an aromatic ring is 1. The average molecular weight is 501 g/mol. The molecule has 4 N–H and O–H groups in total. The molecule has 10 nitrogen and oxygen atoms in total. The first kappa shape index (κ1) is 24.9. The third-order valence-electron chi connectivity index (χ3n) is 6.66. The Morgan fingerprint density at radius 2 is 1.94 bits per heavy atom. The number of H-pyrrole nitrogens is 1. The van der Waals surface area contributed by atoms with Gasteiger partial charge in [0, 0.05) is 67.5 Å². The highest BCUT2D eigenvalue weighted by molar-refractivity contribution is 7.98. The van der Waals surface area contributed by atoms with Gasteiger partial charge in [0.1, 0.15) is 0 Å². The number of hydrogen-bond donors (Lipinski definition) is 3. The van der Waals surface area contributed by atoms with E-state index >= 15 is 0 Å². The third-order valence-corrected chi connectivity index (χ3v) is 7.64. The van der Waals surface area contributed by atoms with Crippen LogP contribution in [-0.2, 0) is 34.7 Å². The first-order valence-electron chi connectivity index (χ1n) is 12.0. The fourth-order valence-corrected chi connectivity index (χ4v) is 5.71. The van der Waals surface area contributed by atoms with Crippen LogP contribution in [0.5, 0.6) is 0 Å². The zero-order chi connectivity index (χ0) is 24.9. The van der Waals surface area contributed by atoms with Crippen LogP contribution in [0.25, 0.3) is 0 Å². The summed E-state index contributed by atoms with van der Waals surface area (Å²) in [6.07, 6.45) is 1.53. The van der Waals surface area contributed by atoms with Gasteiger partial charge in [-0.2, -0.15) is 11.8 Å². The Hall–Kier alpha value is -3.21. The van der Waals surface area contributed by atoms with Crippen LogP contribution in [0.3, 0.4) is 0 Å². The van der Waals surface area contributed by atoms with Gasteiger partial charge in [-0.1, -0.05) is 13.0 Å². The normalized spacial score (nSPS) is 15.6. The summed E-state index contributed by atoms with van der Waals surface area (Å²) >= 11 is 1.65. The van der Waals surface area contributed by atoms with Crippen molar-refractivity contribution in [3.8, 4) is 0 Å². The van der Waals surface area contributed by atoms with Crippen LogP contribution in [0, 0.1) is 0 Å². The first-order valence-corrected chi connectivity index (χ1v) is 13.1. The number of aromatic amines is 1. The maximum absolute atomic E-state index is 12.7. The molecule has 0 aliphatic carbocycles. The molecule has 3 heterocycles. The Balaban J connectivity index is 1.26. The summed E-state index contributed by atoms with van der Waals surface area (Å²) in [6, 6.07) is 5.93. The van der Waals surface area contributed by atoms with Gasteiger partial charge in [0.15, 0.2) is 0 Å². The highest BCUT2D eigenvalue weighted by Gasteiger charge is 2.23. The molecule has 0 unspecified atom stereocenters. The molecule has 2 amide bonds. The third kappa shape index (κ3) is 5.55. The maximum atomic E-state index is 12.7. The number of thioether (sulfide) groups is 1. The number of nitrogens with one attached hydrogen (secondary N) is 2. The van der Waals surface area contributed by atoms with Gasteiger partial charge in [-0.3, -0.25) is 23.9 Å². The van der Waals surface area contributed by atoms with Crippen LogP contribution in [0.4, 0.5) is 11.4 Å². The number of nitrogens with zero attached hydrogens (tertiary/aromatic N) is 3. The molecule has 0 atom stereocenters. The number of anilines is 2. The Morgan fingerprint density at radius 3 is 2.69 bits per heavy atom. The fraction of sp³-hybridized carbons (Fsp3) is 0.500. The smallest absolute Gasteiger partial charge is 0.328 e. The number of aromatic nitrogens is 2. The molecule has 2 aliphatic heterocycles. The zero-order valence-corrected chi connectivity index (χ0v) is 20.8. The Morgan fingerprint density at radius 1 is 1.17 bits per heavy atom. The van der Waals surface area contributed by atoms with Crippen molar-refractivity contribution in [2.75, 3.05) is 49.1 Å². The highest BCUT2D eigenvalue weighted by Crippen LogP contribution is 2.27. The average Bonchev–Trinajstić information content (AvgIpc) is 2.87. The van der Waals surface area contributed by atoms with Crippen molar-refractivity contribution < 1.29 is 9.59 Å². The molecule has 0 saturated carbocycles. The minimum atomic E-state index is -0.492. The maximum Gasteiger partial charge on any atom is 0.328 e. The van der Waals surface area contributed by atoms with Crippen molar-refractivity contribution in [1.82, 2.24) is 19.8 Å². The molecule has 4 rings (SSSR count). The van der Waals surface area contributed by atoms with Gasteiger partial charge in [-0.05, 0) is 36.3 Å². The van der Waals surface area contributed by atoms with Gasteiger partial charge in [-0.15, -0.1) is 0 Å². The van der Waals surface area contributed by atoms with Crippen molar-refractivity contribution in [3.63, 3.8) is 0 Å². The number of hydrogen-bond acceptors (Lipinski definition) is 7. The zero-order valence-electron chi connectivity index (χ0n) is 20.0. The summed E-state index contributed by atoms with van der Waals surface area (Å²) in [5.41, 5.74) is 9.65. The van der Waals surface area contributed by atoms with Crippen LogP contribution < -0.4 is 27.2 Å². The monoisotopic (exact) mass is 500 g/mol. The second-order valence-electron chi connectivity index (χ2n) is 8.73. The number of nitrogens with two attached hydrogens (primary N) is 1. The summed E-state index contributed by atoms with van der Waals surface area (Å²) in [5.74, 6) is 0.968. The number of carbonyl (C=O) groups is 2. The molecule has 1 fully saturated rings. The van der Waals surface area contributed by atoms with Crippen molar-refractivity contribution in [1.29, 1.82) is 0 Å². The predicted octanol–water partition coefficient (Wildman–Crippen LogP) is 0.326. The lowest BCUT2D eigenvalue weighted by molar-refractivity contribution is -0.133. The highest BCUT2D eigenvalue weighted by atomic mass is 32.2. The van der Waals surface area contributed by atoms with E-state index in [1.165, 1.54) is 4.57 Å². The Bertz CT molecular complexity index is 1220. The molecule has 0 spiro atoms. The topological polar surface area (TPSA) is 134 Å². The molecule has 35 heavy (non-hydrogen) atoms. The van der Waals surface area contributed by atoms with Crippen LogP contribution in [-0.4, -0.2) is 64.7 Å². The van der Waals surface area contributed by atoms with Crippen molar-refractivity contribution >= 4 is 35.0 Å². The summed E-state index contributed by atoms with van der Waals surface area (Å²) < 4.78 is 1.48. The van der Waals surface area contributed by atoms with Gasteiger partial charge in [0.05, 0.1) is 6.54 Å². The van der Waals surface area contributed by atoms with Crippen LogP contribution in [0.2, 0.25) is 0 Å². The Labute approximate surface area is 207 Å². The second kappa shape index (κ2) is 11.0. The van der Waals surface area contributed by atoms with E-state index in [2.05, 4.69) is 28.2 Å². The van der Waals surface area contributed by atoms with Crippen molar-refractivity contribution in [3.05, 3.63) is 55.9 Å². The van der Waals surface area contributed by atoms with Crippen molar-refractivity contribution in [2.24, 2.45) is 0 Å². The van der Waals surface area contributed by atoms with E-state index in [0.717, 1.165) is 29.1 Å². The number of fused-ring (bicyclic) bond motifs is 1.